The van der Waals surface area contributed by atoms with Gasteiger partial charge >= 0.3 is 0 Å². The van der Waals surface area contributed by atoms with E-state index in [9.17, 15) is 4.79 Å². The Hall–Kier alpha value is -0.505. The highest BCUT2D eigenvalue weighted by Crippen LogP contribution is 2.28. The van der Waals surface area contributed by atoms with E-state index in [0.29, 0.717) is 5.92 Å². The van der Waals surface area contributed by atoms with E-state index in [1.807, 2.05) is 20.8 Å². The van der Waals surface area contributed by atoms with E-state index >= 15 is 0 Å². The second kappa shape index (κ2) is 12.5. The number of hydrogen-bond donors (Lipinski definition) is 2. The van der Waals surface area contributed by atoms with Crippen LogP contribution in [-0.4, -0.2) is 32.0 Å². The molecule has 0 aromatic heterocycles. The van der Waals surface area contributed by atoms with Gasteiger partial charge in [0.05, 0.1) is 7.85 Å². The molecule has 1 rings (SSSR count). The van der Waals surface area contributed by atoms with Crippen molar-refractivity contribution in [3.8, 4) is 0 Å². The number of amides is 1. The molecule has 112 valence electrons. The summed E-state index contributed by atoms with van der Waals surface area (Å²) in [6.45, 7) is 11.1. The first kappa shape index (κ1) is 20.8. The van der Waals surface area contributed by atoms with Gasteiger partial charge < -0.3 is 10.4 Å². The zero-order chi connectivity index (χ0) is 15.3. The standard InChI is InChI=1S/C6H13BO.C6H11NO.C3H8/c1-6(2,7)4-3-5-8;1-2-7-6(8)5-3-4-5;1-3-2/h8H,3-5H2,1-2H3;5H,2-4H2,1H3,(H,7,8);3H2,1-2H3. The zero-order valence-corrected chi connectivity index (χ0v) is 13.5. The van der Waals surface area contributed by atoms with Crippen LogP contribution in [0.3, 0.4) is 0 Å². The fourth-order valence-electron chi connectivity index (χ4n) is 1.20. The lowest BCUT2D eigenvalue weighted by molar-refractivity contribution is -0.122. The van der Waals surface area contributed by atoms with Gasteiger partial charge in [-0.1, -0.05) is 45.9 Å². The first-order valence-electron chi connectivity index (χ1n) is 7.49. The van der Waals surface area contributed by atoms with E-state index in [0.717, 1.165) is 32.2 Å². The minimum Gasteiger partial charge on any atom is -0.396 e. The molecular weight excluding hydrogens is 237 g/mol. The molecular formula is C15H32BNO2. The molecule has 1 saturated carbocycles. The van der Waals surface area contributed by atoms with Gasteiger partial charge in [0.15, 0.2) is 0 Å². The topological polar surface area (TPSA) is 49.3 Å². The van der Waals surface area contributed by atoms with E-state index in [1.165, 1.54) is 6.42 Å². The number of aliphatic hydroxyl groups is 1. The molecule has 1 amide bonds. The lowest BCUT2D eigenvalue weighted by Gasteiger charge is -2.16. The third kappa shape index (κ3) is 20.0. The Balaban J connectivity index is 0. The van der Waals surface area contributed by atoms with Crippen LogP contribution in [0.25, 0.3) is 0 Å². The molecule has 0 unspecified atom stereocenters. The van der Waals surface area contributed by atoms with Crippen molar-refractivity contribution in [3.05, 3.63) is 0 Å². The molecule has 0 aromatic rings. The molecule has 0 aliphatic heterocycles. The zero-order valence-electron chi connectivity index (χ0n) is 13.5. The largest absolute Gasteiger partial charge is 0.396 e. The third-order valence-corrected chi connectivity index (χ3v) is 2.28. The van der Waals surface area contributed by atoms with Crippen LogP contribution in [0.5, 0.6) is 0 Å². The summed E-state index contributed by atoms with van der Waals surface area (Å²) in [5.74, 6) is 0.613. The van der Waals surface area contributed by atoms with Crippen molar-refractivity contribution in [2.75, 3.05) is 13.2 Å². The molecule has 0 spiro atoms. The van der Waals surface area contributed by atoms with Crippen LogP contribution in [0.15, 0.2) is 0 Å². The van der Waals surface area contributed by atoms with Gasteiger partial charge in [0.2, 0.25) is 5.91 Å². The Labute approximate surface area is 121 Å². The molecule has 4 heteroatoms. The Bertz CT molecular complexity index is 211. The summed E-state index contributed by atoms with van der Waals surface area (Å²) in [5, 5.41) is 11.0. The maximum Gasteiger partial charge on any atom is 0.223 e. The summed E-state index contributed by atoms with van der Waals surface area (Å²) in [4.78, 5) is 10.7. The lowest BCUT2D eigenvalue weighted by atomic mass is 9.69. The Kier molecular flexibility index (Phi) is 13.7. The van der Waals surface area contributed by atoms with Crippen molar-refractivity contribution in [2.45, 2.75) is 72.0 Å². The van der Waals surface area contributed by atoms with Crippen molar-refractivity contribution in [2.24, 2.45) is 5.92 Å². The van der Waals surface area contributed by atoms with Gasteiger partial charge in [0.25, 0.3) is 0 Å². The average molecular weight is 269 g/mol. The Morgan fingerprint density at radius 3 is 2.00 bits per heavy atom. The van der Waals surface area contributed by atoms with Crippen LogP contribution in [-0.2, 0) is 4.79 Å². The third-order valence-electron chi connectivity index (χ3n) is 2.28. The predicted molar refractivity (Wildman–Crippen MR) is 83.5 cm³/mol. The second-order valence-corrected chi connectivity index (χ2v) is 5.69. The van der Waals surface area contributed by atoms with Crippen LogP contribution in [0.4, 0.5) is 0 Å². The van der Waals surface area contributed by atoms with Gasteiger partial charge in [0.1, 0.15) is 0 Å². The van der Waals surface area contributed by atoms with Crippen LogP contribution >= 0.6 is 0 Å². The molecule has 2 radical (unpaired) electrons. The fraction of sp³-hybridized carbons (Fsp3) is 0.933. The molecule has 1 fully saturated rings. The van der Waals surface area contributed by atoms with Crippen LogP contribution < -0.4 is 5.32 Å². The molecule has 1 aliphatic carbocycles. The highest BCUT2D eigenvalue weighted by molar-refractivity contribution is 6.14. The summed E-state index contributed by atoms with van der Waals surface area (Å²) in [6.07, 6.45) is 5.16. The minimum absolute atomic E-state index is 0.108. The smallest absolute Gasteiger partial charge is 0.223 e. The highest BCUT2D eigenvalue weighted by Gasteiger charge is 2.28. The monoisotopic (exact) mass is 269 g/mol. The van der Waals surface area contributed by atoms with Gasteiger partial charge in [-0.25, -0.2) is 0 Å². The van der Waals surface area contributed by atoms with Crippen molar-refractivity contribution >= 4 is 13.8 Å². The van der Waals surface area contributed by atoms with Gasteiger partial charge in [-0.15, -0.1) is 0 Å². The molecule has 2 N–H and O–H groups in total. The average Bonchev–Trinajstić information content (AvgIpc) is 3.11. The Morgan fingerprint density at radius 2 is 1.79 bits per heavy atom. The number of carbonyl (C=O) groups is 1. The van der Waals surface area contributed by atoms with E-state index < -0.39 is 0 Å². The van der Waals surface area contributed by atoms with Crippen LogP contribution in [0.1, 0.15) is 66.7 Å². The van der Waals surface area contributed by atoms with Crippen LogP contribution in [0, 0.1) is 5.92 Å². The summed E-state index contributed by atoms with van der Waals surface area (Å²) in [5.41, 5.74) is 0. The van der Waals surface area contributed by atoms with Crippen molar-refractivity contribution < 1.29 is 9.90 Å². The SMILES string of the molecule is CCC.CCNC(=O)C1CC1.[B]C(C)(C)CCCO. The molecule has 0 heterocycles. The van der Waals surface area contributed by atoms with E-state index in [1.54, 1.807) is 0 Å². The summed E-state index contributed by atoms with van der Waals surface area (Å²) in [7, 11) is 5.61. The van der Waals surface area contributed by atoms with E-state index in [2.05, 4.69) is 19.2 Å². The van der Waals surface area contributed by atoms with Crippen LogP contribution in [0.2, 0.25) is 5.31 Å². The second-order valence-electron chi connectivity index (χ2n) is 5.69. The Morgan fingerprint density at radius 1 is 1.32 bits per heavy atom. The van der Waals surface area contributed by atoms with Crippen molar-refractivity contribution in [3.63, 3.8) is 0 Å². The number of carbonyl (C=O) groups excluding carboxylic acids is 1. The number of hydrogen-bond acceptors (Lipinski definition) is 2. The molecule has 0 bridgehead atoms. The van der Waals surface area contributed by atoms with Gasteiger partial charge in [-0.05, 0) is 26.2 Å². The van der Waals surface area contributed by atoms with Gasteiger partial charge in [-0.2, -0.15) is 0 Å². The van der Waals surface area contributed by atoms with Gasteiger partial charge in [-0.3, -0.25) is 4.79 Å². The summed E-state index contributed by atoms with van der Waals surface area (Å²) in [6, 6.07) is 0. The lowest BCUT2D eigenvalue weighted by Crippen LogP contribution is -2.23. The molecule has 0 aromatic carbocycles. The first-order valence-corrected chi connectivity index (χ1v) is 7.49. The number of aliphatic hydroxyl groups excluding tert-OH is 1. The number of rotatable bonds is 5. The first-order chi connectivity index (χ1) is 8.82. The summed E-state index contributed by atoms with van der Waals surface area (Å²) < 4.78 is 0. The van der Waals surface area contributed by atoms with Crippen molar-refractivity contribution in [1.29, 1.82) is 0 Å². The van der Waals surface area contributed by atoms with Gasteiger partial charge in [0, 0.05) is 19.1 Å². The number of nitrogens with one attached hydrogen (secondary N) is 1. The molecule has 3 nitrogen and oxygen atoms in total. The van der Waals surface area contributed by atoms with E-state index in [4.69, 9.17) is 13.0 Å². The fourth-order valence-corrected chi connectivity index (χ4v) is 1.20. The maximum absolute atomic E-state index is 10.7. The highest BCUT2D eigenvalue weighted by atomic mass is 16.2. The minimum atomic E-state index is -0.108. The maximum atomic E-state index is 10.7. The molecule has 0 atom stereocenters. The molecule has 19 heavy (non-hydrogen) atoms. The predicted octanol–water partition coefficient (Wildman–Crippen LogP) is 3.07. The normalized spacial score (nSPS) is 13.6. The molecule has 0 saturated heterocycles. The quantitative estimate of drug-likeness (QED) is 0.753. The van der Waals surface area contributed by atoms with Crippen molar-refractivity contribution in [1.82, 2.24) is 5.32 Å². The molecule has 1 aliphatic rings. The van der Waals surface area contributed by atoms with E-state index in [-0.39, 0.29) is 17.8 Å². The summed E-state index contributed by atoms with van der Waals surface area (Å²) >= 11 is 0.